The summed E-state index contributed by atoms with van der Waals surface area (Å²) in [6, 6.07) is 10.1. The molecule has 144 valence electrons. The van der Waals surface area contributed by atoms with Crippen molar-refractivity contribution in [1.82, 2.24) is 4.31 Å². The lowest BCUT2D eigenvalue weighted by atomic mass is 9.90. The Kier molecular flexibility index (Phi) is 5.83. The van der Waals surface area contributed by atoms with Crippen LogP contribution in [0.2, 0.25) is 5.02 Å². The lowest BCUT2D eigenvalue weighted by molar-refractivity contribution is 0.0869. The second-order valence-electron chi connectivity index (χ2n) is 6.34. The van der Waals surface area contributed by atoms with Gasteiger partial charge in [0.2, 0.25) is 10.0 Å². The molecule has 3 rings (SSSR count). The van der Waals surface area contributed by atoms with Crippen molar-refractivity contribution in [3.8, 4) is 5.75 Å². The minimum Gasteiger partial charge on any atom is -0.496 e. The van der Waals surface area contributed by atoms with Gasteiger partial charge in [0.05, 0.1) is 17.7 Å². The summed E-state index contributed by atoms with van der Waals surface area (Å²) in [5.41, 5.74) is 0.434. The molecule has 0 bridgehead atoms. The van der Waals surface area contributed by atoms with Crippen molar-refractivity contribution >= 4 is 27.4 Å². The Hall–Kier alpha value is -1.96. The SMILES string of the molecule is COc1ccccc1C(=O)C1CCCN(S(=O)(=O)c2ccc(F)cc2Cl)C1. The van der Waals surface area contributed by atoms with E-state index in [1.165, 1.54) is 11.4 Å². The lowest BCUT2D eigenvalue weighted by Gasteiger charge is -2.31. The van der Waals surface area contributed by atoms with E-state index in [0.717, 1.165) is 18.2 Å². The molecule has 0 radical (unpaired) electrons. The van der Waals surface area contributed by atoms with Gasteiger partial charge in [0.25, 0.3) is 0 Å². The molecule has 8 heteroatoms. The van der Waals surface area contributed by atoms with Crippen molar-refractivity contribution in [2.75, 3.05) is 20.2 Å². The minimum absolute atomic E-state index is 0.0485. The summed E-state index contributed by atoms with van der Waals surface area (Å²) >= 11 is 5.94. The van der Waals surface area contributed by atoms with Crippen LogP contribution in [0.4, 0.5) is 4.39 Å². The predicted octanol–water partition coefficient (Wildman–Crippen LogP) is 3.77. The molecule has 1 fully saturated rings. The first-order valence-corrected chi connectivity index (χ1v) is 10.3. The quantitative estimate of drug-likeness (QED) is 0.702. The summed E-state index contributed by atoms with van der Waals surface area (Å²) in [6.07, 6.45) is 1.13. The Balaban J connectivity index is 1.86. The Morgan fingerprint density at radius 3 is 2.70 bits per heavy atom. The average Bonchev–Trinajstić information content (AvgIpc) is 2.67. The van der Waals surface area contributed by atoms with E-state index in [9.17, 15) is 17.6 Å². The van der Waals surface area contributed by atoms with Crippen LogP contribution in [0, 0.1) is 11.7 Å². The average molecular weight is 412 g/mol. The fourth-order valence-electron chi connectivity index (χ4n) is 3.27. The second kappa shape index (κ2) is 7.96. The smallest absolute Gasteiger partial charge is 0.244 e. The number of carbonyl (C=O) groups excluding carboxylic acids is 1. The first-order valence-electron chi connectivity index (χ1n) is 8.47. The molecule has 2 aromatic rings. The normalized spacial score (nSPS) is 18.3. The van der Waals surface area contributed by atoms with Gasteiger partial charge in [0.1, 0.15) is 16.5 Å². The van der Waals surface area contributed by atoms with Gasteiger partial charge in [0, 0.05) is 19.0 Å². The van der Waals surface area contributed by atoms with Crippen LogP contribution in [0.25, 0.3) is 0 Å². The highest BCUT2D eigenvalue weighted by atomic mass is 35.5. The third-order valence-electron chi connectivity index (χ3n) is 4.64. The molecule has 1 saturated heterocycles. The molecule has 1 aliphatic heterocycles. The summed E-state index contributed by atoms with van der Waals surface area (Å²) in [7, 11) is -2.44. The number of piperidine rings is 1. The monoisotopic (exact) mass is 411 g/mol. The number of rotatable bonds is 5. The Morgan fingerprint density at radius 2 is 2.00 bits per heavy atom. The number of nitrogens with zero attached hydrogens (tertiary/aromatic N) is 1. The molecule has 0 saturated carbocycles. The van der Waals surface area contributed by atoms with Gasteiger partial charge in [-0.2, -0.15) is 4.31 Å². The van der Waals surface area contributed by atoms with Crippen molar-refractivity contribution in [2.45, 2.75) is 17.7 Å². The van der Waals surface area contributed by atoms with E-state index in [1.807, 2.05) is 0 Å². The Labute approximate surface area is 162 Å². The van der Waals surface area contributed by atoms with E-state index in [-0.39, 0.29) is 28.8 Å². The molecule has 0 amide bonds. The number of para-hydroxylation sites is 1. The molecule has 0 aromatic heterocycles. The van der Waals surface area contributed by atoms with Gasteiger partial charge < -0.3 is 4.74 Å². The van der Waals surface area contributed by atoms with Crippen molar-refractivity contribution in [3.05, 3.63) is 58.9 Å². The number of sulfonamides is 1. The molecule has 0 aliphatic carbocycles. The highest BCUT2D eigenvalue weighted by Crippen LogP contribution is 2.31. The number of ketones is 1. The molecular weight excluding hydrogens is 393 g/mol. The van der Waals surface area contributed by atoms with Crippen LogP contribution in [0.5, 0.6) is 5.75 Å². The van der Waals surface area contributed by atoms with Crippen LogP contribution in [-0.4, -0.2) is 38.7 Å². The van der Waals surface area contributed by atoms with Crippen molar-refractivity contribution in [1.29, 1.82) is 0 Å². The number of methoxy groups -OCH3 is 1. The van der Waals surface area contributed by atoms with Gasteiger partial charge in [-0.1, -0.05) is 23.7 Å². The topological polar surface area (TPSA) is 63.7 Å². The number of benzene rings is 2. The van der Waals surface area contributed by atoms with Gasteiger partial charge in [-0.15, -0.1) is 0 Å². The maximum Gasteiger partial charge on any atom is 0.244 e. The standard InChI is InChI=1S/C19H19ClFNO4S/c1-26-17-7-3-2-6-15(17)19(23)13-5-4-10-22(12-13)27(24,25)18-9-8-14(21)11-16(18)20/h2-3,6-9,11,13H,4-5,10,12H2,1H3. The molecule has 0 N–H and O–H groups in total. The van der Waals surface area contributed by atoms with Crippen molar-refractivity contribution in [2.24, 2.45) is 5.92 Å². The number of hydrogen-bond acceptors (Lipinski definition) is 4. The third-order valence-corrected chi connectivity index (χ3v) is 6.99. The summed E-state index contributed by atoms with van der Waals surface area (Å²) in [5, 5.41) is -0.173. The molecule has 1 unspecified atom stereocenters. The van der Waals surface area contributed by atoms with Crippen molar-refractivity contribution < 1.29 is 22.3 Å². The molecule has 5 nitrogen and oxygen atoms in total. The molecular formula is C19H19ClFNO4S. The van der Waals surface area contributed by atoms with Gasteiger partial charge >= 0.3 is 0 Å². The molecule has 1 atom stereocenters. The third kappa shape index (κ3) is 4.00. The zero-order valence-corrected chi connectivity index (χ0v) is 16.3. The van der Waals surface area contributed by atoms with E-state index >= 15 is 0 Å². The predicted molar refractivity (Wildman–Crippen MR) is 100 cm³/mol. The van der Waals surface area contributed by atoms with Crippen LogP contribution in [0.1, 0.15) is 23.2 Å². The fraction of sp³-hybridized carbons (Fsp3) is 0.316. The minimum atomic E-state index is -3.92. The Morgan fingerprint density at radius 1 is 1.26 bits per heavy atom. The maximum absolute atomic E-state index is 13.3. The van der Waals surface area contributed by atoms with Crippen LogP contribution < -0.4 is 4.74 Å². The number of ether oxygens (including phenoxy) is 1. The molecule has 27 heavy (non-hydrogen) atoms. The first kappa shape index (κ1) is 19.8. The summed E-state index contributed by atoms with van der Waals surface area (Å²) in [6.45, 7) is 0.332. The van der Waals surface area contributed by atoms with Gasteiger partial charge in [0.15, 0.2) is 5.78 Å². The molecule has 2 aromatic carbocycles. The fourth-order valence-corrected chi connectivity index (χ4v) is 5.30. The van der Waals surface area contributed by atoms with Crippen LogP contribution >= 0.6 is 11.6 Å². The number of hydrogen-bond donors (Lipinski definition) is 0. The van der Waals surface area contributed by atoms with E-state index in [0.29, 0.717) is 24.2 Å². The second-order valence-corrected chi connectivity index (χ2v) is 8.66. The lowest BCUT2D eigenvalue weighted by Crippen LogP contribution is -2.42. The first-order chi connectivity index (χ1) is 12.8. The zero-order chi connectivity index (χ0) is 19.6. The highest BCUT2D eigenvalue weighted by molar-refractivity contribution is 7.89. The summed E-state index contributed by atoms with van der Waals surface area (Å²) in [5.74, 6) is -0.785. The van der Waals surface area contributed by atoms with Gasteiger partial charge in [-0.05, 0) is 43.2 Å². The highest BCUT2D eigenvalue weighted by Gasteiger charge is 2.35. The van der Waals surface area contributed by atoms with E-state index in [2.05, 4.69) is 0 Å². The van der Waals surface area contributed by atoms with Gasteiger partial charge in [-0.25, -0.2) is 12.8 Å². The summed E-state index contributed by atoms with van der Waals surface area (Å²) in [4.78, 5) is 12.8. The number of carbonyl (C=O) groups is 1. The largest absolute Gasteiger partial charge is 0.496 e. The van der Waals surface area contributed by atoms with E-state index in [1.54, 1.807) is 24.3 Å². The van der Waals surface area contributed by atoms with Crippen LogP contribution in [0.15, 0.2) is 47.4 Å². The maximum atomic E-state index is 13.3. The summed E-state index contributed by atoms with van der Waals surface area (Å²) < 4.78 is 45.6. The number of halogens is 2. The van der Waals surface area contributed by atoms with Crippen molar-refractivity contribution in [3.63, 3.8) is 0 Å². The van der Waals surface area contributed by atoms with Gasteiger partial charge in [-0.3, -0.25) is 4.79 Å². The van der Waals surface area contributed by atoms with Crippen LogP contribution in [0.3, 0.4) is 0 Å². The molecule has 1 heterocycles. The van der Waals surface area contributed by atoms with E-state index in [4.69, 9.17) is 16.3 Å². The number of Topliss-reactive ketones (excluding diaryl/α,β-unsaturated/α-hetero) is 1. The molecule has 1 aliphatic rings. The van der Waals surface area contributed by atoms with Crippen LogP contribution in [-0.2, 0) is 10.0 Å². The Bertz CT molecular complexity index is 964. The molecule has 0 spiro atoms. The van der Waals surface area contributed by atoms with E-state index < -0.39 is 21.8 Å². The zero-order valence-electron chi connectivity index (χ0n) is 14.7.